The molecule has 0 aliphatic carbocycles. The Bertz CT molecular complexity index is 4590. The SMILES string of the molecule is CC(C)(C)c1cc(N2[CH-]N(c3[c-]c(Oc4[c-]c5c(cc4)c4cc([Si](c6ccccc6)(c6ccccc6)c6ccccc6)ccc4n5-c4cc(C(C)(C)C)ccn4)ccc3)c3cccc(-c4c(-c5ccccc5)cccc4-c4ccccc4)c32)cc(C(C)(C)C)c1.[Pt]. The molecule has 0 N–H and O–H groups in total. The quantitative estimate of drug-likeness (QED) is 0.0693. The van der Waals surface area contributed by atoms with Crippen LogP contribution in [-0.4, -0.2) is 17.6 Å². The number of pyridine rings is 1. The minimum Gasteiger partial charge on any atom is -0.509 e. The molecule has 1 aliphatic heterocycles. The number of hydrogen-bond acceptors (Lipinski definition) is 4. The van der Waals surface area contributed by atoms with E-state index < -0.39 is 8.07 Å². The average Bonchev–Trinajstić information content (AvgIpc) is 1.70. The van der Waals surface area contributed by atoms with Gasteiger partial charge in [0.15, 0.2) is 8.07 Å². The zero-order valence-corrected chi connectivity index (χ0v) is 56.3. The summed E-state index contributed by atoms with van der Waals surface area (Å²) in [6.45, 7) is 22.9. The summed E-state index contributed by atoms with van der Waals surface area (Å²) in [4.78, 5) is 9.80. The van der Waals surface area contributed by atoms with Crippen molar-refractivity contribution in [1.82, 2.24) is 9.55 Å². The second kappa shape index (κ2) is 24.1. The first-order valence-corrected chi connectivity index (χ1v) is 33.3. The number of benzene rings is 11. The van der Waals surface area contributed by atoms with Gasteiger partial charge in [0.2, 0.25) is 0 Å². The molecule has 0 atom stereocenters. The second-order valence-electron chi connectivity index (χ2n) is 26.9. The molecular weight excluding hydrogens is 1300 g/mol. The van der Waals surface area contributed by atoms with Crippen LogP contribution in [-0.2, 0) is 37.3 Å². The normalized spacial score (nSPS) is 12.7. The van der Waals surface area contributed by atoms with Gasteiger partial charge >= 0.3 is 0 Å². The molecule has 0 unspecified atom stereocenters. The van der Waals surface area contributed by atoms with Crippen LogP contribution < -0.4 is 35.3 Å². The number of anilines is 4. The van der Waals surface area contributed by atoms with E-state index in [2.05, 4.69) is 356 Å². The van der Waals surface area contributed by atoms with Gasteiger partial charge in [-0.2, -0.15) is 12.1 Å². The van der Waals surface area contributed by atoms with Gasteiger partial charge in [0, 0.05) is 66.9 Å². The Morgan fingerprint density at radius 2 is 0.934 bits per heavy atom. The molecule has 2 aromatic heterocycles. The molecule has 3 heterocycles. The minimum atomic E-state index is -2.88. The van der Waals surface area contributed by atoms with Crippen LogP contribution in [0.4, 0.5) is 22.7 Å². The second-order valence-corrected chi connectivity index (χ2v) is 30.7. The maximum Gasteiger partial charge on any atom is 0.179 e. The Labute approximate surface area is 552 Å². The van der Waals surface area contributed by atoms with Crippen LogP contribution >= 0.6 is 0 Å². The Balaban J connectivity index is 0.00000758. The fourth-order valence-electron chi connectivity index (χ4n) is 13.3. The number of rotatable bonds is 12. The van der Waals surface area contributed by atoms with Crippen LogP contribution in [0.25, 0.3) is 61.0 Å². The van der Waals surface area contributed by atoms with E-state index in [4.69, 9.17) is 9.72 Å². The molecule has 7 heteroatoms. The predicted octanol–water partition coefficient (Wildman–Crippen LogP) is 19.2. The first kappa shape index (κ1) is 60.6. The molecule has 0 bridgehead atoms. The Morgan fingerprint density at radius 3 is 1.49 bits per heavy atom. The van der Waals surface area contributed by atoms with E-state index in [-0.39, 0.29) is 37.3 Å². The zero-order valence-electron chi connectivity index (χ0n) is 53.1. The van der Waals surface area contributed by atoms with Crippen molar-refractivity contribution in [3.8, 4) is 50.7 Å². The molecule has 11 aromatic carbocycles. The average molecular weight is 1380 g/mol. The van der Waals surface area contributed by atoms with Crippen molar-refractivity contribution in [3.63, 3.8) is 0 Å². The fourth-order valence-corrected chi connectivity index (χ4v) is 18.0. The Hall–Kier alpha value is -9.32. The van der Waals surface area contributed by atoms with Crippen molar-refractivity contribution in [2.45, 2.75) is 78.6 Å². The summed E-state index contributed by atoms with van der Waals surface area (Å²) >= 11 is 0. The van der Waals surface area contributed by atoms with Gasteiger partial charge in [-0.1, -0.05) is 268 Å². The summed E-state index contributed by atoms with van der Waals surface area (Å²) in [5, 5.41) is 7.45. The van der Waals surface area contributed by atoms with E-state index in [0.717, 1.165) is 78.2 Å². The van der Waals surface area contributed by atoms with Crippen molar-refractivity contribution in [3.05, 3.63) is 309 Å². The van der Waals surface area contributed by atoms with Crippen molar-refractivity contribution in [2.24, 2.45) is 0 Å². The van der Waals surface area contributed by atoms with Crippen molar-refractivity contribution < 1.29 is 25.8 Å². The van der Waals surface area contributed by atoms with Crippen molar-refractivity contribution in [2.75, 3.05) is 9.80 Å². The number of fused-ring (bicyclic) bond motifs is 4. The molecule has 5 nitrogen and oxygen atoms in total. The van der Waals surface area contributed by atoms with E-state index >= 15 is 0 Å². The van der Waals surface area contributed by atoms with Crippen LogP contribution in [0.1, 0.15) is 79.0 Å². The molecule has 13 aromatic rings. The predicted molar refractivity (Wildman–Crippen MR) is 380 cm³/mol. The van der Waals surface area contributed by atoms with Gasteiger partial charge in [0.25, 0.3) is 0 Å². The Kier molecular flexibility index (Phi) is 16.1. The molecule has 91 heavy (non-hydrogen) atoms. The van der Waals surface area contributed by atoms with Crippen LogP contribution in [0.15, 0.2) is 273 Å². The van der Waals surface area contributed by atoms with E-state index in [1.54, 1.807) is 0 Å². The number of aromatic nitrogens is 2. The third-order valence-electron chi connectivity index (χ3n) is 18.0. The molecule has 452 valence electrons. The summed E-state index contributed by atoms with van der Waals surface area (Å²) in [6, 6.07) is 105. The number of para-hydroxylation sites is 1. The third kappa shape index (κ3) is 11.3. The molecular formula is C84H73N4OPtSi-3. The minimum absolute atomic E-state index is 0. The van der Waals surface area contributed by atoms with E-state index in [9.17, 15) is 0 Å². The first-order valence-electron chi connectivity index (χ1n) is 31.3. The summed E-state index contributed by atoms with van der Waals surface area (Å²) < 4.78 is 9.31. The van der Waals surface area contributed by atoms with Gasteiger partial charge in [-0.25, -0.2) is 4.98 Å². The van der Waals surface area contributed by atoms with Gasteiger partial charge in [-0.05, 0) is 123 Å². The largest absolute Gasteiger partial charge is 0.509 e. The van der Waals surface area contributed by atoms with Crippen LogP contribution in [0.2, 0.25) is 0 Å². The number of ether oxygens (including phenoxy) is 1. The standard InChI is InChI=1S/C84H73N4OSi.Pt/c1-82(2,3)60-48-49-85-79(53-60)88-76-47-45-70(90(67-34-19-12-20-35-67,68-36-21-13-22-37-68)69-38-23-14-24-39-69)56-75(76)73-46-44-66(55-78(73)88)89-65-33-25-32-63(54-65)86-57-87(64-51-61(83(4,5)6)50-62(52-64)84(7,8)9)81-74(42-27-43-77(81)86)80-71(58-28-15-10-16-29-58)40-26-41-72(80)59-30-17-11-18-31-59;/h10-53,56-57H,1-9H3;/q-3;. The van der Waals surface area contributed by atoms with Gasteiger partial charge in [-0.3, -0.25) is 0 Å². The number of hydrogen-bond donors (Lipinski definition) is 0. The van der Waals surface area contributed by atoms with E-state index in [0.29, 0.717) is 11.5 Å². The number of nitrogens with zero attached hydrogens (tertiary/aromatic N) is 4. The van der Waals surface area contributed by atoms with Crippen LogP contribution in [0.3, 0.4) is 0 Å². The molecule has 0 fully saturated rings. The third-order valence-corrected chi connectivity index (χ3v) is 22.7. The Morgan fingerprint density at radius 1 is 0.418 bits per heavy atom. The van der Waals surface area contributed by atoms with E-state index in [1.165, 1.54) is 43.0 Å². The smallest absolute Gasteiger partial charge is 0.179 e. The van der Waals surface area contributed by atoms with Gasteiger partial charge in [-0.15, -0.1) is 48.1 Å². The maximum atomic E-state index is 7.04. The van der Waals surface area contributed by atoms with Gasteiger partial charge < -0.3 is 19.1 Å². The molecule has 0 spiro atoms. The summed E-state index contributed by atoms with van der Waals surface area (Å²) in [5.74, 6) is 1.97. The van der Waals surface area contributed by atoms with Gasteiger partial charge in [0.1, 0.15) is 5.82 Å². The zero-order chi connectivity index (χ0) is 61.9. The molecule has 14 rings (SSSR count). The van der Waals surface area contributed by atoms with Crippen LogP contribution in [0, 0.1) is 18.8 Å². The molecule has 0 saturated carbocycles. The molecule has 0 radical (unpaired) electrons. The first-order chi connectivity index (χ1) is 43.5. The molecule has 0 amide bonds. The van der Waals surface area contributed by atoms with E-state index in [1.807, 2.05) is 12.3 Å². The summed E-state index contributed by atoms with van der Waals surface area (Å²) in [7, 11) is -2.88. The van der Waals surface area contributed by atoms with Crippen LogP contribution in [0.5, 0.6) is 11.5 Å². The maximum absolute atomic E-state index is 7.04. The summed E-state index contributed by atoms with van der Waals surface area (Å²) in [6.07, 6.45) is 1.94. The summed E-state index contributed by atoms with van der Waals surface area (Å²) in [5.41, 5.74) is 16.3. The fraction of sp³-hybridized carbons (Fsp3) is 0.143. The van der Waals surface area contributed by atoms with Crippen molar-refractivity contribution in [1.29, 1.82) is 0 Å². The van der Waals surface area contributed by atoms with Gasteiger partial charge in [0.05, 0.1) is 0 Å². The molecule has 1 aliphatic rings. The van der Waals surface area contributed by atoms with Crippen molar-refractivity contribution >= 4 is 73.4 Å². The topological polar surface area (TPSA) is 33.5 Å². The molecule has 0 saturated heterocycles. The monoisotopic (exact) mass is 1380 g/mol.